The van der Waals surface area contributed by atoms with Gasteiger partial charge in [0.25, 0.3) is 0 Å². The zero-order valence-electron chi connectivity index (χ0n) is 14.9. The quantitative estimate of drug-likeness (QED) is 0.168. The Morgan fingerprint density at radius 2 is 1.92 bits per heavy atom. The van der Waals surface area contributed by atoms with E-state index in [2.05, 4.69) is 20.6 Å². The number of hydrogen-bond acceptors (Lipinski definition) is 6. The van der Waals surface area contributed by atoms with Gasteiger partial charge in [0.2, 0.25) is 0 Å². The molecule has 0 spiro atoms. The third-order valence-electron chi connectivity index (χ3n) is 3.20. The third kappa shape index (κ3) is 8.95. The highest BCUT2D eigenvalue weighted by Gasteiger charge is 2.00. The molecule has 2 rings (SSSR count). The van der Waals surface area contributed by atoms with E-state index in [1.54, 1.807) is 37.3 Å². The van der Waals surface area contributed by atoms with E-state index in [4.69, 9.17) is 9.47 Å². The number of hydrogen-bond donors (Lipinski definition) is 2. The Kier molecular flexibility index (Phi) is 12.2. The first-order valence-corrected chi connectivity index (χ1v) is 9.92. The minimum atomic E-state index is 0. The first-order chi connectivity index (χ1) is 12.3. The van der Waals surface area contributed by atoms with Crippen LogP contribution in [0.4, 0.5) is 0 Å². The second-order valence-corrected chi connectivity index (χ2v) is 7.19. The summed E-state index contributed by atoms with van der Waals surface area (Å²) < 4.78 is 11.9. The molecule has 0 saturated heterocycles. The molecule has 0 radical (unpaired) electrons. The molecule has 0 saturated carbocycles. The standard InChI is InChI=1S/C17H24N4O2S2.HI/c1-18-16(19-8-3-12-24-17-21-10-13-25-17)20-9-11-23-15-6-4-14(22-2)5-7-15;/h4-7,10,13H,3,8-9,11-12H2,1-2H3,(H2,18,19,20);1H. The topological polar surface area (TPSA) is 67.8 Å². The van der Waals surface area contributed by atoms with Crippen LogP contribution < -0.4 is 20.1 Å². The molecule has 0 aliphatic carbocycles. The fourth-order valence-electron chi connectivity index (χ4n) is 1.95. The van der Waals surface area contributed by atoms with Crippen LogP contribution in [0.5, 0.6) is 11.5 Å². The molecule has 26 heavy (non-hydrogen) atoms. The molecule has 0 unspecified atom stereocenters. The van der Waals surface area contributed by atoms with Crippen LogP contribution in [-0.4, -0.2) is 50.6 Å². The van der Waals surface area contributed by atoms with Gasteiger partial charge in [0, 0.05) is 30.9 Å². The van der Waals surface area contributed by atoms with Gasteiger partial charge < -0.3 is 20.1 Å². The summed E-state index contributed by atoms with van der Waals surface area (Å²) >= 11 is 3.47. The smallest absolute Gasteiger partial charge is 0.191 e. The molecule has 0 fully saturated rings. The Morgan fingerprint density at radius 3 is 2.58 bits per heavy atom. The van der Waals surface area contributed by atoms with Crippen molar-refractivity contribution in [1.29, 1.82) is 0 Å². The van der Waals surface area contributed by atoms with Crippen LogP contribution in [-0.2, 0) is 0 Å². The van der Waals surface area contributed by atoms with Crippen LogP contribution in [0.25, 0.3) is 0 Å². The summed E-state index contributed by atoms with van der Waals surface area (Å²) in [5.41, 5.74) is 0. The first-order valence-electron chi connectivity index (χ1n) is 8.05. The molecule has 0 bridgehead atoms. The van der Waals surface area contributed by atoms with E-state index in [9.17, 15) is 0 Å². The first kappa shape index (κ1) is 22.8. The van der Waals surface area contributed by atoms with Gasteiger partial charge in [0.1, 0.15) is 22.4 Å². The average Bonchev–Trinajstić information content (AvgIpc) is 3.17. The summed E-state index contributed by atoms with van der Waals surface area (Å²) in [5.74, 6) is 3.48. The van der Waals surface area contributed by atoms with Crippen LogP contribution in [0.3, 0.4) is 0 Å². The highest BCUT2D eigenvalue weighted by Crippen LogP contribution is 2.20. The predicted molar refractivity (Wildman–Crippen MR) is 121 cm³/mol. The number of ether oxygens (including phenoxy) is 2. The second-order valence-electron chi connectivity index (χ2n) is 4.95. The normalized spacial score (nSPS) is 10.8. The van der Waals surface area contributed by atoms with Crippen molar-refractivity contribution >= 4 is 53.0 Å². The number of aromatic nitrogens is 1. The molecule has 1 aromatic carbocycles. The lowest BCUT2D eigenvalue weighted by atomic mass is 10.3. The Hall–Kier alpha value is -1.20. The van der Waals surface area contributed by atoms with Gasteiger partial charge in [-0.15, -0.1) is 35.3 Å². The lowest BCUT2D eigenvalue weighted by molar-refractivity contribution is 0.321. The summed E-state index contributed by atoms with van der Waals surface area (Å²) in [7, 11) is 3.42. The Balaban J connectivity index is 0.00000338. The van der Waals surface area contributed by atoms with Crippen molar-refractivity contribution in [2.75, 3.05) is 39.6 Å². The maximum Gasteiger partial charge on any atom is 0.191 e. The molecule has 0 amide bonds. The molecule has 0 atom stereocenters. The molecule has 2 N–H and O–H groups in total. The van der Waals surface area contributed by atoms with E-state index in [-0.39, 0.29) is 24.0 Å². The van der Waals surface area contributed by atoms with Gasteiger partial charge >= 0.3 is 0 Å². The van der Waals surface area contributed by atoms with Gasteiger partial charge in [-0.2, -0.15) is 0 Å². The zero-order valence-corrected chi connectivity index (χ0v) is 18.9. The van der Waals surface area contributed by atoms with Crippen molar-refractivity contribution in [2.24, 2.45) is 4.99 Å². The van der Waals surface area contributed by atoms with Crippen molar-refractivity contribution in [2.45, 2.75) is 10.8 Å². The third-order valence-corrected chi connectivity index (χ3v) is 5.25. The summed E-state index contributed by atoms with van der Waals surface area (Å²) in [6.07, 6.45) is 2.89. The van der Waals surface area contributed by atoms with Crippen LogP contribution in [0, 0.1) is 0 Å². The fourth-order valence-corrected chi connectivity index (χ4v) is 3.60. The van der Waals surface area contributed by atoms with Gasteiger partial charge in [-0.05, 0) is 30.7 Å². The zero-order chi connectivity index (χ0) is 17.7. The number of aliphatic imine (C=N–C) groups is 1. The Bertz CT molecular complexity index is 624. The molecule has 1 aromatic heterocycles. The molecule has 0 aliphatic heterocycles. The highest BCUT2D eigenvalue weighted by molar-refractivity contribution is 14.0. The number of nitrogens with one attached hydrogen (secondary N) is 2. The molecule has 2 aromatic rings. The van der Waals surface area contributed by atoms with E-state index in [1.165, 1.54) is 0 Å². The Morgan fingerprint density at radius 1 is 1.19 bits per heavy atom. The maximum absolute atomic E-state index is 5.67. The summed E-state index contributed by atoms with van der Waals surface area (Å²) in [5, 5.41) is 8.54. The summed E-state index contributed by atoms with van der Waals surface area (Å²) in [6.45, 7) is 2.11. The molecule has 9 heteroatoms. The van der Waals surface area contributed by atoms with Gasteiger partial charge in [0.15, 0.2) is 5.96 Å². The number of methoxy groups -OCH3 is 1. The van der Waals surface area contributed by atoms with Crippen molar-refractivity contribution in [3.05, 3.63) is 35.8 Å². The lowest BCUT2D eigenvalue weighted by Crippen LogP contribution is -2.39. The minimum absolute atomic E-state index is 0. The van der Waals surface area contributed by atoms with Crippen molar-refractivity contribution in [1.82, 2.24) is 15.6 Å². The Labute approximate surface area is 180 Å². The molecule has 1 heterocycles. The van der Waals surface area contributed by atoms with Gasteiger partial charge in [-0.3, -0.25) is 4.99 Å². The number of halogens is 1. The van der Waals surface area contributed by atoms with Crippen molar-refractivity contribution < 1.29 is 9.47 Å². The van der Waals surface area contributed by atoms with Gasteiger partial charge in [-0.25, -0.2) is 4.98 Å². The van der Waals surface area contributed by atoms with E-state index >= 15 is 0 Å². The van der Waals surface area contributed by atoms with E-state index < -0.39 is 0 Å². The van der Waals surface area contributed by atoms with Crippen LogP contribution in [0.1, 0.15) is 6.42 Å². The highest BCUT2D eigenvalue weighted by atomic mass is 127. The number of benzene rings is 1. The SMILES string of the molecule is CN=C(NCCCSc1nccs1)NCCOc1ccc(OC)cc1.I. The molecule has 6 nitrogen and oxygen atoms in total. The number of nitrogens with zero attached hydrogens (tertiary/aromatic N) is 2. The van der Waals surface area contributed by atoms with E-state index in [1.807, 2.05) is 35.8 Å². The predicted octanol–water partition coefficient (Wildman–Crippen LogP) is 3.50. The minimum Gasteiger partial charge on any atom is -0.497 e. The molecular weight excluding hydrogens is 483 g/mol. The molecule has 0 aliphatic rings. The maximum atomic E-state index is 5.67. The fraction of sp³-hybridized carbons (Fsp3) is 0.412. The molecule has 144 valence electrons. The van der Waals surface area contributed by atoms with Crippen molar-refractivity contribution in [3.8, 4) is 11.5 Å². The van der Waals surface area contributed by atoms with Gasteiger partial charge in [0.05, 0.1) is 13.7 Å². The number of thioether (sulfide) groups is 1. The molecular formula is C17H25IN4O2S2. The number of rotatable bonds is 10. The van der Waals surface area contributed by atoms with Crippen LogP contribution in [0.15, 0.2) is 45.2 Å². The van der Waals surface area contributed by atoms with Crippen LogP contribution >= 0.6 is 47.1 Å². The van der Waals surface area contributed by atoms with Gasteiger partial charge in [-0.1, -0.05) is 11.8 Å². The van der Waals surface area contributed by atoms with Crippen molar-refractivity contribution in [3.63, 3.8) is 0 Å². The average molecular weight is 508 g/mol. The van der Waals surface area contributed by atoms with E-state index in [0.717, 1.165) is 40.5 Å². The van der Waals surface area contributed by atoms with Crippen LogP contribution in [0.2, 0.25) is 0 Å². The monoisotopic (exact) mass is 508 g/mol. The summed E-state index contributed by atoms with van der Waals surface area (Å²) in [4.78, 5) is 8.46. The van der Waals surface area contributed by atoms with E-state index in [0.29, 0.717) is 13.2 Å². The summed E-state index contributed by atoms with van der Waals surface area (Å²) in [6, 6.07) is 7.55. The number of thiazole rings is 1. The number of guanidine groups is 1. The lowest BCUT2D eigenvalue weighted by Gasteiger charge is -2.12. The largest absolute Gasteiger partial charge is 0.497 e. The second kappa shape index (κ2) is 13.9.